The predicted molar refractivity (Wildman–Crippen MR) is 86.8 cm³/mol. The Morgan fingerprint density at radius 3 is 3.00 bits per heavy atom. The fraction of sp³-hybridized carbons (Fsp3) is 0.412. The topological polar surface area (TPSA) is 58.2 Å². The van der Waals surface area contributed by atoms with Crippen LogP contribution in [0.2, 0.25) is 5.02 Å². The Kier molecular flexibility index (Phi) is 3.62. The first kappa shape index (κ1) is 14.7. The molecule has 1 N–H and O–H groups in total. The zero-order chi connectivity index (χ0) is 16.0. The Hall–Kier alpha value is -1.85. The third kappa shape index (κ3) is 2.64. The van der Waals surface area contributed by atoms with Crippen LogP contribution in [0.15, 0.2) is 18.2 Å². The van der Waals surface area contributed by atoms with E-state index in [9.17, 15) is 4.79 Å². The highest BCUT2D eigenvalue weighted by molar-refractivity contribution is 6.31. The van der Waals surface area contributed by atoms with Crippen LogP contribution < -0.4 is 0 Å². The normalized spacial score (nSPS) is 17.7. The van der Waals surface area contributed by atoms with Crippen molar-refractivity contribution in [2.24, 2.45) is 0 Å². The number of hydrogen-bond donors (Lipinski definition) is 1. The lowest BCUT2D eigenvalue weighted by molar-refractivity contribution is 0.0593. The van der Waals surface area contributed by atoms with Gasteiger partial charge < -0.3 is 9.64 Å². The number of rotatable bonds is 2. The fourth-order valence-electron chi connectivity index (χ4n) is 3.33. The van der Waals surface area contributed by atoms with Crippen LogP contribution in [0.1, 0.15) is 38.8 Å². The van der Waals surface area contributed by atoms with E-state index in [2.05, 4.69) is 10.2 Å². The van der Waals surface area contributed by atoms with Gasteiger partial charge in [0, 0.05) is 47.3 Å². The van der Waals surface area contributed by atoms with Gasteiger partial charge in [0.15, 0.2) is 0 Å². The first-order valence-electron chi connectivity index (χ1n) is 7.82. The molecule has 120 valence electrons. The average Bonchev–Trinajstić information content (AvgIpc) is 2.89. The molecule has 1 fully saturated rings. The van der Waals surface area contributed by atoms with E-state index in [4.69, 9.17) is 16.3 Å². The molecule has 0 saturated carbocycles. The lowest BCUT2D eigenvalue weighted by Crippen LogP contribution is -2.49. The lowest BCUT2D eigenvalue weighted by Gasteiger charge is -2.39. The SMILES string of the molecule is Cc1cc(Cl)cc(C(=O)N2CC(c3n[nH]c4c3COCC4)C2)c1. The summed E-state index contributed by atoms with van der Waals surface area (Å²) in [5.74, 6) is 0.327. The summed E-state index contributed by atoms with van der Waals surface area (Å²) >= 11 is 6.05. The molecule has 0 aliphatic carbocycles. The second-order valence-electron chi connectivity index (χ2n) is 6.29. The Bertz CT molecular complexity index is 745. The van der Waals surface area contributed by atoms with Gasteiger partial charge in [-0.2, -0.15) is 5.10 Å². The van der Waals surface area contributed by atoms with Crippen molar-refractivity contribution in [1.29, 1.82) is 0 Å². The third-order valence-electron chi connectivity index (χ3n) is 4.57. The maximum atomic E-state index is 12.5. The van der Waals surface area contributed by atoms with E-state index in [0.717, 1.165) is 24.3 Å². The third-order valence-corrected chi connectivity index (χ3v) is 4.79. The van der Waals surface area contributed by atoms with E-state index in [-0.39, 0.29) is 5.91 Å². The van der Waals surface area contributed by atoms with Crippen LogP contribution in [-0.4, -0.2) is 40.7 Å². The van der Waals surface area contributed by atoms with Crippen molar-refractivity contribution < 1.29 is 9.53 Å². The quantitative estimate of drug-likeness (QED) is 0.920. The van der Waals surface area contributed by atoms with Crippen LogP contribution >= 0.6 is 11.6 Å². The molecule has 3 heterocycles. The van der Waals surface area contributed by atoms with Crippen LogP contribution in [0.5, 0.6) is 0 Å². The number of halogens is 1. The molecule has 1 saturated heterocycles. The monoisotopic (exact) mass is 331 g/mol. The highest BCUT2D eigenvalue weighted by Crippen LogP contribution is 2.32. The molecule has 0 radical (unpaired) electrons. The molecule has 23 heavy (non-hydrogen) atoms. The standard InChI is InChI=1S/C17H18ClN3O2/c1-10-4-11(6-13(18)5-10)17(22)21-7-12(8-21)16-14-9-23-3-2-15(14)19-20-16/h4-6,12H,2-3,7-9H2,1H3,(H,19,20). The maximum Gasteiger partial charge on any atom is 0.253 e. The van der Waals surface area contributed by atoms with Crippen LogP contribution in [0.3, 0.4) is 0 Å². The van der Waals surface area contributed by atoms with Gasteiger partial charge in [-0.05, 0) is 30.7 Å². The minimum absolute atomic E-state index is 0.0347. The molecular weight excluding hydrogens is 314 g/mol. The molecule has 0 unspecified atom stereocenters. The highest BCUT2D eigenvalue weighted by atomic mass is 35.5. The van der Waals surface area contributed by atoms with Gasteiger partial charge >= 0.3 is 0 Å². The van der Waals surface area contributed by atoms with Crippen molar-refractivity contribution in [3.63, 3.8) is 0 Å². The number of aromatic nitrogens is 2. The number of carbonyl (C=O) groups is 1. The molecule has 6 heteroatoms. The number of amides is 1. The van der Waals surface area contributed by atoms with Crippen LogP contribution in [-0.2, 0) is 17.8 Å². The molecule has 2 aromatic rings. The van der Waals surface area contributed by atoms with Crippen molar-refractivity contribution in [2.75, 3.05) is 19.7 Å². The highest BCUT2D eigenvalue weighted by Gasteiger charge is 2.36. The van der Waals surface area contributed by atoms with Crippen LogP contribution in [0.25, 0.3) is 0 Å². The number of likely N-dealkylation sites (tertiary alicyclic amines) is 1. The second-order valence-corrected chi connectivity index (χ2v) is 6.73. The summed E-state index contributed by atoms with van der Waals surface area (Å²) in [6.45, 7) is 4.71. The van der Waals surface area contributed by atoms with Crippen molar-refractivity contribution in [3.8, 4) is 0 Å². The molecule has 1 aromatic heterocycles. The summed E-state index contributed by atoms with van der Waals surface area (Å²) in [6, 6.07) is 5.47. The summed E-state index contributed by atoms with van der Waals surface area (Å²) in [6.07, 6.45) is 0.888. The van der Waals surface area contributed by atoms with Gasteiger partial charge in [0.2, 0.25) is 0 Å². The Morgan fingerprint density at radius 1 is 1.39 bits per heavy atom. The van der Waals surface area contributed by atoms with E-state index >= 15 is 0 Å². The van der Waals surface area contributed by atoms with Gasteiger partial charge in [0.25, 0.3) is 5.91 Å². The number of aromatic amines is 1. The van der Waals surface area contributed by atoms with Crippen molar-refractivity contribution in [2.45, 2.75) is 25.9 Å². The van der Waals surface area contributed by atoms with Crippen LogP contribution in [0.4, 0.5) is 0 Å². The van der Waals surface area contributed by atoms with Gasteiger partial charge in [-0.15, -0.1) is 0 Å². The molecule has 4 rings (SSSR count). The Morgan fingerprint density at radius 2 is 2.22 bits per heavy atom. The van der Waals surface area contributed by atoms with Gasteiger partial charge in [0.05, 0.1) is 18.9 Å². The molecule has 0 atom stereocenters. The van der Waals surface area contributed by atoms with E-state index in [1.807, 2.05) is 24.0 Å². The van der Waals surface area contributed by atoms with Gasteiger partial charge in [0.1, 0.15) is 0 Å². The van der Waals surface area contributed by atoms with Crippen molar-refractivity contribution in [1.82, 2.24) is 15.1 Å². The second kappa shape index (κ2) is 5.65. The number of H-pyrrole nitrogens is 1. The van der Waals surface area contributed by atoms with E-state index in [0.29, 0.717) is 36.2 Å². The summed E-state index contributed by atoms with van der Waals surface area (Å²) in [5, 5.41) is 8.17. The van der Waals surface area contributed by atoms with E-state index < -0.39 is 0 Å². The molecule has 0 spiro atoms. The average molecular weight is 332 g/mol. The smallest absolute Gasteiger partial charge is 0.253 e. The molecular formula is C17H18ClN3O2. The predicted octanol–water partition coefficient (Wildman–Crippen LogP) is 2.68. The molecule has 1 amide bonds. The summed E-state index contributed by atoms with van der Waals surface area (Å²) < 4.78 is 5.53. The molecule has 5 nitrogen and oxygen atoms in total. The minimum atomic E-state index is 0.0347. The van der Waals surface area contributed by atoms with E-state index in [1.165, 1.54) is 11.3 Å². The number of nitrogens with one attached hydrogen (secondary N) is 1. The first-order valence-corrected chi connectivity index (χ1v) is 8.20. The zero-order valence-corrected chi connectivity index (χ0v) is 13.7. The number of fused-ring (bicyclic) bond motifs is 1. The van der Waals surface area contributed by atoms with Crippen LogP contribution in [0, 0.1) is 6.92 Å². The molecule has 2 aliphatic heterocycles. The largest absolute Gasteiger partial charge is 0.376 e. The summed E-state index contributed by atoms with van der Waals surface area (Å²) in [5.41, 5.74) is 5.08. The number of nitrogens with zero attached hydrogens (tertiary/aromatic N) is 2. The van der Waals surface area contributed by atoms with Gasteiger partial charge in [-0.25, -0.2) is 0 Å². The summed E-state index contributed by atoms with van der Waals surface area (Å²) in [7, 11) is 0. The van der Waals surface area contributed by atoms with E-state index in [1.54, 1.807) is 6.07 Å². The maximum absolute atomic E-state index is 12.5. The lowest BCUT2D eigenvalue weighted by atomic mass is 9.91. The molecule has 1 aromatic carbocycles. The van der Waals surface area contributed by atoms with Crippen molar-refractivity contribution >= 4 is 17.5 Å². The number of aryl methyl sites for hydroxylation is 1. The number of hydrogen-bond acceptors (Lipinski definition) is 3. The Balaban J connectivity index is 1.47. The Labute approximate surface area is 139 Å². The molecule has 0 bridgehead atoms. The minimum Gasteiger partial charge on any atom is -0.376 e. The van der Waals surface area contributed by atoms with Gasteiger partial charge in [-0.1, -0.05) is 11.6 Å². The zero-order valence-electron chi connectivity index (χ0n) is 12.9. The summed E-state index contributed by atoms with van der Waals surface area (Å²) in [4.78, 5) is 14.4. The van der Waals surface area contributed by atoms with Crippen molar-refractivity contribution in [3.05, 3.63) is 51.3 Å². The first-order chi connectivity index (χ1) is 11.1. The fourth-order valence-corrected chi connectivity index (χ4v) is 3.62. The number of carbonyl (C=O) groups excluding carboxylic acids is 1. The van der Waals surface area contributed by atoms with Gasteiger partial charge in [-0.3, -0.25) is 9.89 Å². The number of benzene rings is 1. The molecule has 2 aliphatic rings. The number of ether oxygens (including phenoxy) is 1.